The van der Waals surface area contributed by atoms with Gasteiger partial charge in [0.05, 0.1) is 11.7 Å². The number of nitrogens with one attached hydrogen (secondary N) is 1. The molecule has 3 heterocycles. The molecule has 1 amide bonds. The van der Waals surface area contributed by atoms with E-state index in [-0.39, 0.29) is 24.4 Å². The minimum Gasteiger partial charge on any atom is -0.457 e. The number of benzene rings is 1. The number of amides is 1. The lowest BCUT2D eigenvalue weighted by atomic mass is 9.93. The maximum absolute atomic E-state index is 12.4. The minimum atomic E-state index is -0.636. The predicted molar refractivity (Wildman–Crippen MR) is 105 cm³/mol. The van der Waals surface area contributed by atoms with Crippen molar-refractivity contribution in [1.29, 1.82) is 0 Å². The lowest BCUT2D eigenvalue weighted by molar-refractivity contribution is -0.121. The highest BCUT2D eigenvalue weighted by Gasteiger charge is 2.29. The standard InChI is InChI=1S/C20H23N3O4S/c1-12-14(2-3-15-16(12)11-27-20(15)26)17(24)10-23-8-5-13(6-9-23)19(25)22-18-4-7-21-28-18/h2-4,7,13,17,24H,5-6,8-11H2,1H3,(H,22,25). The smallest absolute Gasteiger partial charge is 0.338 e. The minimum absolute atomic E-state index is 0.0135. The van der Waals surface area contributed by atoms with Gasteiger partial charge in [0.1, 0.15) is 11.6 Å². The molecule has 2 aliphatic heterocycles. The Morgan fingerprint density at radius 1 is 1.39 bits per heavy atom. The summed E-state index contributed by atoms with van der Waals surface area (Å²) in [6, 6.07) is 5.36. The van der Waals surface area contributed by atoms with Gasteiger partial charge in [-0.1, -0.05) is 6.07 Å². The predicted octanol–water partition coefficient (Wildman–Crippen LogP) is 2.51. The lowest BCUT2D eigenvalue weighted by Gasteiger charge is -2.32. The van der Waals surface area contributed by atoms with Crippen LogP contribution in [0.2, 0.25) is 0 Å². The summed E-state index contributed by atoms with van der Waals surface area (Å²) < 4.78 is 9.08. The molecule has 4 rings (SSSR count). The summed E-state index contributed by atoms with van der Waals surface area (Å²) in [4.78, 5) is 26.2. The second-order valence-corrected chi connectivity index (χ2v) is 8.17. The average Bonchev–Trinajstić information content (AvgIpc) is 3.33. The average molecular weight is 401 g/mol. The van der Waals surface area contributed by atoms with Gasteiger partial charge in [0.15, 0.2) is 0 Å². The first kappa shape index (κ1) is 19.0. The summed E-state index contributed by atoms with van der Waals surface area (Å²) in [6.07, 6.45) is 2.57. The second-order valence-electron chi connectivity index (χ2n) is 7.34. The van der Waals surface area contributed by atoms with E-state index in [0.29, 0.717) is 12.1 Å². The number of ether oxygens (including phenoxy) is 1. The van der Waals surface area contributed by atoms with E-state index in [0.717, 1.165) is 47.6 Å². The van der Waals surface area contributed by atoms with Crippen molar-refractivity contribution in [1.82, 2.24) is 9.27 Å². The molecule has 0 radical (unpaired) electrons. The Bertz CT molecular complexity index is 876. The maximum Gasteiger partial charge on any atom is 0.338 e. The molecule has 7 nitrogen and oxygen atoms in total. The van der Waals surface area contributed by atoms with Crippen LogP contribution < -0.4 is 5.32 Å². The van der Waals surface area contributed by atoms with Crippen LogP contribution in [0.3, 0.4) is 0 Å². The number of hydrogen-bond acceptors (Lipinski definition) is 7. The van der Waals surface area contributed by atoms with Crippen LogP contribution in [-0.2, 0) is 16.1 Å². The van der Waals surface area contributed by atoms with Gasteiger partial charge in [-0.2, -0.15) is 4.37 Å². The second kappa shape index (κ2) is 7.98. The monoisotopic (exact) mass is 401 g/mol. The molecule has 148 valence electrons. The van der Waals surface area contributed by atoms with Crippen molar-refractivity contribution in [3.63, 3.8) is 0 Å². The van der Waals surface area contributed by atoms with Crippen LogP contribution in [0.4, 0.5) is 5.00 Å². The van der Waals surface area contributed by atoms with E-state index in [1.54, 1.807) is 18.3 Å². The summed E-state index contributed by atoms with van der Waals surface area (Å²) in [7, 11) is 0. The van der Waals surface area contributed by atoms with Crippen LogP contribution in [0, 0.1) is 12.8 Å². The number of carbonyl (C=O) groups is 2. The highest BCUT2D eigenvalue weighted by atomic mass is 32.1. The van der Waals surface area contributed by atoms with E-state index in [4.69, 9.17) is 4.74 Å². The van der Waals surface area contributed by atoms with Crippen molar-refractivity contribution in [2.45, 2.75) is 32.5 Å². The molecular weight excluding hydrogens is 378 g/mol. The quantitative estimate of drug-likeness (QED) is 0.748. The summed E-state index contributed by atoms with van der Waals surface area (Å²) >= 11 is 1.28. The number of fused-ring (bicyclic) bond motifs is 1. The van der Waals surface area contributed by atoms with Crippen molar-refractivity contribution < 1.29 is 19.4 Å². The molecule has 1 atom stereocenters. The highest BCUT2D eigenvalue weighted by molar-refractivity contribution is 7.10. The first-order valence-electron chi connectivity index (χ1n) is 9.44. The fraction of sp³-hybridized carbons (Fsp3) is 0.450. The van der Waals surface area contributed by atoms with Gasteiger partial charge in [0, 0.05) is 24.2 Å². The topological polar surface area (TPSA) is 91.8 Å². The first-order chi connectivity index (χ1) is 13.5. The molecule has 1 aromatic carbocycles. The summed E-state index contributed by atoms with van der Waals surface area (Å²) in [5.41, 5.74) is 3.23. The number of cyclic esters (lactones) is 1. The summed E-state index contributed by atoms with van der Waals surface area (Å²) in [5.74, 6) is -0.262. The number of nitrogens with zero attached hydrogens (tertiary/aromatic N) is 2. The van der Waals surface area contributed by atoms with E-state index in [2.05, 4.69) is 14.6 Å². The first-order valence-corrected chi connectivity index (χ1v) is 10.2. The van der Waals surface area contributed by atoms with E-state index in [1.807, 2.05) is 13.0 Å². The van der Waals surface area contributed by atoms with Crippen molar-refractivity contribution in [3.8, 4) is 0 Å². The Kier molecular flexibility index (Phi) is 5.43. The molecule has 0 aliphatic carbocycles. The van der Waals surface area contributed by atoms with Gasteiger partial charge in [0.25, 0.3) is 0 Å². The molecule has 28 heavy (non-hydrogen) atoms. The van der Waals surface area contributed by atoms with Gasteiger partial charge in [-0.3, -0.25) is 4.79 Å². The van der Waals surface area contributed by atoms with E-state index < -0.39 is 6.10 Å². The number of rotatable bonds is 5. The number of likely N-dealkylation sites (tertiary alicyclic amines) is 1. The van der Waals surface area contributed by atoms with E-state index in [1.165, 1.54) is 11.5 Å². The molecule has 1 unspecified atom stereocenters. The van der Waals surface area contributed by atoms with Gasteiger partial charge >= 0.3 is 5.97 Å². The van der Waals surface area contributed by atoms with Gasteiger partial charge in [-0.15, -0.1) is 0 Å². The summed E-state index contributed by atoms with van der Waals surface area (Å²) in [6.45, 7) is 4.25. The SMILES string of the molecule is Cc1c(C(O)CN2CCC(C(=O)Nc3ccns3)CC2)ccc2c1COC2=O. The van der Waals surface area contributed by atoms with Crippen LogP contribution in [0.25, 0.3) is 0 Å². The number of carbonyl (C=O) groups excluding carboxylic acids is 2. The molecule has 2 N–H and O–H groups in total. The molecule has 0 bridgehead atoms. The Morgan fingerprint density at radius 3 is 2.89 bits per heavy atom. The van der Waals surface area contributed by atoms with Gasteiger partial charge in [0.2, 0.25) is 5.91 Å². The number of aliphatic hydroxyl groups excluding tert-OH is 1. The molecule has 0 saturated carbocycles. The Balaban J connectivity index is 1.32. The zero-order valence-electron chi connectivity index (χ0n) is 15.7. The third-order valence-corrected chi connectivity index (χ3v) is 6.30. The van der Waals surface area contributed by atoms with Crippen LogP contribution in [-0.4, -0.2) is 45.9 Å². The number of hydrogen-bond donors (Lipinski definition) is 2. The number of aliphatic hydroxyl groups is 1. The fourth-order valence-corrected chi connectivity index (χ4v) is 4.46. The number of piperidine rings is 1. The molecule has 2 aliphatic rings. The lowest BCUT2D eigenvalue weighted by Crippen LogP contribution is -2.40. The third kappa shape index (κ3) is 3.80. The van der Waals surface area contributed by atoms with Crippen molar-refractivity contribution in [2.24, 2.45) is 5.92 Å². The van der Waals surface area contributed by atoms with E-state index >= 15 is 0 Å². The summed E-state index contributed by atoms with van der Waals surface area (Å²) in [5, 5.41) is 14.4. The Morgan fingerprint density at radius 2 is 2.18 bits per heavy atom. The molecular formula is C20H23N3O4S. The number of esters is 1. The normalized spacial score (nSPS) is 18.6. The van der Waals surface area contributed by atoms with Crippen LogP contribution in [0.15, 0.2) is 24.4 Å². The van der Waals surface area contributed by atoms with Crippen molar-refractivity contribution in [2.75, 3.05) is 25.0 Å². The zero-order valence-corrected chi connectivity index (χ0v) is 16.5. The zero-order chi connectivity index (χ0) is 19.7. The molecule has 1 fully saturated rings. The molecule has 1 saturated heterocycles. The van der Waals surface area contributed by atoms with Crippen molar-refractivity contribution in [3.05, 3.63) is 46.6 Å². The molecule has 8 heteroatoms. The Labute approximate surface area is 167 Å². The maximum atomic E-state index is 12.4. The van der Waals surface area contributed by atoms with Gasteiger partial charge in [-0.05, 0) is 67.6 Å². The van der Waals surface area contributed by atoms with E-state index in [9.17, 15) is 14.7 Å². The molecule has 1 aromatic heterocycles. The van der Waals surface area contributed by atoms with Crippen LogP contribution in [0.5, 0.6) is 0 Å². The number of aromatic nitrogens is 1. The van der Waals surface area contributed by atoms with Crippen molar-refractivity contribution >= 4 is 28.4 Å². The van der Waals surface area contributed by atoms with Crippen LogP contribution in [0.1, 0.15) is 46.0 Å². The third-order valence-electron chi connectivity index (χ3n) is 5.64. The van der Waals surface area contributed by atoms with Gasteiger partial charge in [-0.25, -0.2) is 4.79 Å². The molecule has 2 aromatic rings. The molecule has 0 spiro atoms. The van der Waals surface area contributed by atoms with Crippen LogP contribution >= 0.6 is 11.5 Å². The fourth-order valence-electron chi connectivity index (χ4n) is 3.95. The highest BCUT2D eigenvalue weighted by Crippen LogP contribution is 2.30. The Hall–Kier alpha value is -2.29. The number of anilines is 1. The largest absolute Gasteiger partial charge is 0.457 e. The van der Waals surface area contributed by atoms with Gasteiger partial charge < -0.3 is 20.1 Å². The number of β-amino-alcohol motifs (C(OH)–C–C–N with tert-alkyl or cyclic N) is 1.